The van der Waals surface area contributed by atoms with Gasteiger partial charge in [-0.2, -0.15) is 0 Å². The molecule has 0 N–H and O–H groups in total. The molecule has 1 saturated carbocycles. The predicted octanol–water partition coefficient (Wildman–Crippen LogP) is 20.8. The lowest BCUT2D eigenvalue weighted by atomic mass is 9.98. The molecule has 0 unspecified atom stereocenters. The second-order valence-electron chi connectivity index (χ2n) is 20.8. The van der Waals surface area contributed by atoms with Crippen LogP contribution >= 0.6 is 0 Å². The molecular formula is C61H112O5. The zero-order valence-corrected chi connectivity index (χ0v) is 44.6. The second-order valence-corrected chi connectivity index (χ2v) is 20.8. The fraction of sp³-hybridized carbons (Fsp3) is 0.885. The van der Waals surface area contributed by atoms with Gasteiger partial charge in [0.25, 0.3) is 0 Å². The summed E-state index contributed by atoms with van der Waals surface area (Å²) in [6.07, 6.45) is 61.3. The summed E-state index contributed by atoms with van der Waals surface area (Å²) in [6, 6.07) is 3.83. The fourth-order valence-electron chi connectivity index (χ4n) is 9.92. The van der Waals surface area contributed by atoms with Crippen LogP contribution in [0.5, 0.6) is 17.2 Å². The van der Waals surface area contributed by atoms with E-state index >= 15 is 0 Å². The molecular weight excluding hydrogens is 813 g/mol. The zero-order valence-electron chi connectivity index (χ0n) is 44.6. The first-order valence-corrected chi connectivity index (χ1v) is 30.0. The average Bonchev–Trinajstić information content (AvgIpc) is 3.33. The van der Waals surface area contributed by atoms with Crippen LogP contribution in [-0.2, 0) is 4.74 Å². The molecule has 0 heterocycles. The van der Waals surface area contributed by atoms with Crippen LogP contribution in [0.25, 0.3) is 0 Å². The van der Waals surface area contributed by atoms with E-state index in [2.05, 4.69) is 20.8 Å². The number of unbranched alkanes of at least 4 members (excludes halogenated alkanes) is 39. The molecule has 386 valence electrons. The molecule has 0 bridgehead atoms. The Kier molecular flexibility index (Phi) is 42.7. The predicted molar refractivity (Wildman–Crippen MR) is 286 cm³/mol. The molecule has 1 aliphatic carbocycles. The maximum Gasteiger partial charge on any atom is 0.342 e. The molecule has 0 radical (unpaired) electrons. The molecule has 0 spiro atoms. The Balaban J connectivity index is 1.91. The number of esters is 1. The van der Waals surface area contributed by atoms with Crippen LogP contribution in [0.4, 0.5) is 0 Å². The number of benzene rings is 1. The summed E-state index contributed by atoms with van der Waals surface area (Å²) in [4.78, 5) is 13.9. The van der Waals surface area contributed by atoms with Gasteiger partial charge in [0.15, 0.2) is 11.5 Å². The van der Waals surface area contributed by atoms with Crippen LogP contribution in [0.3, 0.4) is 0 Å². The van der Waals surface area contributed by atoms with Crippen LogP contribution in [0.1, 0.15) is 333 Å². The van der Waals surface area contributed by atoms with Crippen molar-refractivity contribution in [2.75, 3.05) is 19.8 Å². The van der Waals surface area contributed by atoms with E-state index in [1.165, 1.54) is 244 Å². The molecule has 0 atom stereocenters. The smallest absolute Gasteiger partial charge is 0.342 e. The first-order valence-electron chi connectivity index (χ1n) is 30.0. The summed E-state index contributed by atoms with van der Waals surface area (Å²) in [5.74, 6) is 1.57. The third kappa shape index (κ3) is 34.4. The van der Waals surface area contributed by atoms with Crippen molar-refractivity contribution in [2.24, 2.45) is 0 Å². The van der Waals surface area contributed by atoms with Crippen molar-refractivity contribution < 1.29 is 23.7 Å². The number of carbonyl (C=O) groups excluding carboxylic acids is 1. The number of hydrogen-bond donors (Lipinski definition) is 0. The first kappa shape index (κ1) is 60.2. The van der Waals surface area contributed by atoms with Crippen molar-refractivity contribution >= 4 is 5.97 Å². The summed E-state index contributed by atoms with van der Waals surface area (Å²) in [7, 11) is 0. The van der Waals surface area contributed by atoms with Crippen LogP contribution in [-0.4, -0.2) is 31.9 Å². The van der Waals surface area contributed by atoms with E-state index in [1.807, 2.05) is 12.1 Å². The van der Waals surface area contributed by atoms with E-state index in [0.717, 1.165) is 57.8 Å². The van der Waals surface area contributed by atoms with Crippen LogP contribution < -0.4 is 14.2 Å². The Morgan fingerprint density at radius 2 is 0.652 bits per heavy atom. The fourth-order valence-corrected chi connectivity index (χ4v) is 9.92. The normalized spacial score (nSPS) is 13.1. The molecule has 0 saturated heterocycles. The van der Waals surface area contributed by atoms with Crippen LogP contribution in [0, 0.1) is 0 Å². The van der Waals surface area contributed by atoms with E-state index in [0.29, 0.717) is 42.6 Å². The lowest BCUT2D eigenvalue weighted by molar-refractivity contribution is 0.0206. The van der Waals surface area contributed by atoms with E-state index in [9.17, 15) is 4.79 Å². The van der Waals surface area contributed by atoms with Gasteiger partial charge in [0.05, 0.1) is 19.8 Å². The van der Waals surface area contributed by atoms with Crippen molar-refractivity contribution in [1.29, 1.82) is 0 Å². The highest BCUT2D eigenvalue weighted by Gasteiger charge is 2.26. The van der Waals surface area contributed by atoms with Crippen molar-refractivity contribution in [2.45, 2.75) is 329 Å². The van der Waals surface area contributed by atoms with Crippen molar-refractivity contribution in [1.82, 2.24) is 0 Å². The average molecular weight is 926 g/mol. The molecule has 0 aliphatic heterocycles. The zero-order chi connectivity index (χ0) is 47.1. The van der Waals surface area contributed by atoms with E-state index in [1.54, 1.807) is 0 Å². The minimum atomic E-state index is -0.280. The van der Waals surface area contributed by atoms with Crippen molar-refractivity contribution in [3.05, 3.63) is 17.7 Å². The number of ether oxygens (including phenoxy) is 4. The number of hydrogen-bond acceptors (Lipinski definition) is 5. The summed E-state index contributed by atoms with van der Waals surface area (Å²) >= 11 is 0. The number of rotatable bonds is 50. The van der Waals surface area contributed by atoms with E-state index in [-0.39, 0.29) is 12.1 Å². The van der Waals surface area contributed by atoms with E-state index < -0.39 is 0 Å². The number of carbonyl (C=O) groups is 1. The Labute approximate surface area is 411 Å². The van der Waals surface area contributed by atoms with Gasteiger partial charge in [-0.1, -0.05) is 278 Å². The lowest BCUT2D eigenvalue weighted by Crippen LogP contribution is -2.21. The Morgan fingerprint density at radius 3 is 0.985 bits per heavy atom. The quantitative estimate of drug-likeness (QED) is 0.0481. The van der Waals surface area contributed by atoms with Gasteiger partial charge in [-0.3, -0.25) is 0 Å². The van der Waals surface area contributed by atoms with Crippen LogP contribution in [0.15, 0.2) is 12.1 Å². The summed E-state index contributed by atoms with van der Waals surface area (Å²) in [5, 5.41) is 0. The second kappa shape index (κ2) is 46.8. The topological polar surface area (TPSA) is 54.0 Å². The molecule has 5 heteroatoms. The molecule has 1 aliphatic rings. The van der Waals surface area contributed by atoms with Gasteiger partial charge in [-0.25, -0.2) is 4.79 Å². The van der Waals surface area contributed by atoms with Gasteiger partial charge in [-0.05, 0) is 57.1 Å². The largest absolute Gasteiger partial charge is 0.490 e. The Morgan fingerprint density at radius 1 is 0.364 bits per heavy atom. The third-order valence-corrected chi connectivity index (χ3v) is 14.4. The van der Waals surface area contributed by atoms with Gasteiger partial charge < -0.3 is 18.9 Å². The maximum atomic E-state index is 13.9. The highest BCUT2D eigenvalue weighted by molar-refractivity contribution is 5.94. The standard InChI is InChI=1S/C61H112O5/c1-4-7-10-13-16-19-22-25-28-31-34-37-40-46-53-63-58-52-51-57(61(62)66-56-49-44-43-45-50-56)59(64-54-47-41-38-35-32-29-26-23-20-17-14-11-8-5-2)60(58)65-55-48-42-39-36-33-30-27-24-21-18-15-12-9-6-3/h51-52,56H,4-50,53-55H2,1-3H3. The van der Waals surface area contributed by atoms with Gasteiger partial charge in [0.2, 0.25) is 5.75 Å². The SMILES string of the molecule is CCCCCCCCCCCCCCCCOc1ccc(C(=O)OC2CCCCC2)c(OCCCCCCCCCCCCCCCC)c1OCCCCCCCCCCCCCCCC. The van der Waals surface area contributed by atoms with E-state index in [4.69, 9.17) is 18.9 Å². The highest BCUT2D eigenvalue weighted by Crippen LogP contribution is 2.42. The highest BCUT2D eigenvalue weighted by atomic mass is 16.6. The van der Waals surface area contributed by atoms with Gasteiger partial charge in [-0.15, -0.1) is 0 Å². The molecule has 5 nitrogen and oxygen atoms in total. The molecule has 1 fully saturated rings. The molecule has 0 amide bonds. The molecule has 2 rings (SSSR count). The van der Waals surface area contributed by atoms with Gasteiger partial charge in [0.1, 0.15) is 11.7 Å². The van der Waals surface area contributed by atoms with Gasteiger partial charge >= 0.3 is 5.97 Å². The minimum absolute atomic E-state index is 0.0129. The van der Waals surface area contributed by atoms with Crippen LogP contribution in [0.2, 0.25) is 0 Å². The first-order chi connectivity index (χ1) is 32.7. The summed E-state index contributed by atoms with van der Waals surface area (Å²) in [6.45, 7) is 8.71. The third-order valence-electron chi connectivity index (χ3n) is 14.4. The lowest BCUT2D eigenvalue weighted by Gasteiger charge is -2.23. The summed E-state index contributed by atoms with van der Waals surface area (Å²) < 4.78 is 25.9. The minimum Gasteiger partial charge on any atom is -0.490 e. The monoisotopic (exact) mass is 925 g/mol. The Bertz CT molecular complexity index is 1180. The molecule has 1 aromatic carbocycles. The molecule has 1 aromatic rings. The van der Waals surface area contributed by atoms with Crippen molar-refractivity contribution in [3.8, 4) is 17.2 Å². The molecule has 66 heavy (non-hydrogen) atoms. The summed E-state index contributed by atoms with van der Waals surface area (Å²) in [5.41, 5.74) is 0.491. The van der Waals surface area contributed by atoms with Crippen molar-refractivity contribution in [3.63, 3.8) is 0 Å². The Hall–Kier alpha value is -1.91. The maximum absolute atomic E-state index is 13.9. The molecule has 0 aromatic heterocycles. The van der Waals surface area contributed by atoms with Gasteiger partial charge in [0, 0.05) is 0 Å².